The Morgan fingerprint density at radius 2 is 0.944 bits per heavy atom. The minimum atomic E-state index is -0.963. The standard InChI is InChI=1S/C10H26N4O.CH3NO/c1-7(2,9(5,11)12)15-8(3,4)10(6,13)14;2-1-3/h11-14H2,1-6H3;1H,(H2,2,3). The van der Waals surface area contributed by atoms with Crippen LogP contribution in [0.5, 0.6) is 0 Å². The third-order valence-corrected chi connectivity index (χ3v) is 3.10. The van der Waals surface area contributed by atoms with Gasteiger partial charge in [-0.2, -0.15) is 0 Å². The summed E-state index contributed by atoms with van der Waals surface area (Å²) in [6, 6.07) is 0. The van der Waals surface area contributed by atoms with Crippen LogP contribution in [0.4, 0.5) is 0 Å². The molecule has 7 heteroatoms. The van der Waals surface area contributed by atoms with Gasteiger partial charge in [0.1, 0.15) is 0 Å². The highest BCUT2D eigenvalue weighted by atomic mass is 16.5. The molecule has 0 aliphatic rings. The molecule has 0 fully saturated rings. The number of carbonyl (C=O) groups is 1. The second kappa shape index (κ2) is 5.94. The van der Waals surface area contributed by atoms with Crippen LogP contribution >= 0.6 is 0 Å². The van der Waals surface area contributed by atoms with Gasteiger partial charge < -0.3 is 33.4 Å². The van der Waals surface area contributed by atoms with Crippen LogP contribution in [-0.4, -0.2) is 28.9 Å². The fourth-order valence-electron chi connectivity index (χ4n) is 0.858. The predicted molar refractivity (Wildman–Crippen MR) is 73.1 cm³/mol. The van der Waals surface area contributed by atoms with Gasteiger partial charge in [0.05, 0.1) is 22.5 Å². The average Bonchev–Trinajstić information content (AvgIpc) is 1.98. The summed E-state index contributed by atoms with van der Waals surface area (Å²) >= 11 is 0. The van der Waals surface area contributed by atoms with Gasteiger partial charge in [0.2, 0.25) is 6.41 Å². The third kappa shape index (κ3) is 5.74. The largest absolute Gasteiger partial charge is 0.372 e. The summed E-state index contributed by atoms with van der Waals surface area (Å²) in [4.78, 5) is 8.58. The molecule has 0 aromatic rings. The van der Waals surface area contributed by atoms with Crippen molar-refractivity contribution in [2.75, 3.05) is 0 Å². The average molecular weight is 263 g/mol. The predicted octanol–water partition coefficient (Wildman–Crippen LogP) is -1.07. The Balaban J connectivity index is 0. The summed E-state index contributed by atoms with van der Waals surface area (Å²) in [5.41, 5.74) is 24.1. The Bertz CT molecular complexity index is 240. The molecule has 7 nitrogen and oxygen atoms in total. The van der Waals surface area contributed by atoms with E-state index in [9.17, 15) is 0 Å². The van der Waals surface area contributed by atoms with Crippen LogP contribution in [0.15, 0.2) is 0 Å². The van der Waals surface area contributed by atoms with E-state index in [0.29, 0.717) is 0 Å². The van der Waals surface area contributed by atoms with Gasteiger partial charge in [-0.3, -0.25) is 4.79 Å². The zero-order chi connectivity index (χ0) is 15.4. The maximum atomic E-state index is 8.58. The quantitative estimate of drug-likeness (QED) is 0.321. The molecule has 110 valence electrons. The minimum absolute atomic E-state index is 0.250. The van der Waals surface area contributed by atoms with Gasteiger partial charge in [-0.1, -0.05) is 0 Å². The van der Waals surface area contributed by atoms with Crippen LogP contribution in [-0.2, 0) is 9.53 Å². The molecule has 18 heavy (non-hydrogen) atoms. The maximum absolute atomic E-state index is 8.58. The lowest BCUT2D eigenvalue weighted by Gasteiger charge is -2.48. The SMILES string of the molecule is CC(N)(N)C(C)(C)OC(C)(C)C(C)(N)N.NC=O. The molecule has 10 N–H and O–H groups in total. The molecule has 0 heterocycles. The first-order chi connectivity index (χ1) is 7.62. The molecule has 0 aliphatic carbocycles. The number of rotatable bonds is 4. The molecule has 1 amide bonds. The maximum Gasteiger partial charge on any atom is 0.204 e. The molecule has 0 aromatic heterocycles. The van der Waals surface area contributed by atoms with Gasteiger partial charge in [-0.25, -0.2) is 0 Å². The number of amides is 1. The molecule has 0 atom stereocenters. The Morgan fingerprint density at radius 3 is 1.06 bits per heavy atom. The van der Waals surface area contributed by atoms with Gasteiger partial charge in [0.15, 0.2) is 0 Å². The van der Waals surface area contributed by atoms with Crippen molar-refractivity contribution in [2.45, 2.75) is 64.1 Å². The highest BCUT2D eigenvalue weighted by Gasteiger charge is 2.45. The molecular weight excluding hydrogens is 234 g/mol. The van der Waals surface area contributed by atoms with Gasteiger partial charge in [0.25, 0.3) is 0 Å². The summed E-state index contributed by atoms with van der Waals surface area (Å²) in [5, 5.41) is 0. The normalized spacial score (nSPS) is 13.7. The van der Waals surface area contributed by atoms with Crippen molar-refractivity contribution in [2.24, 2.45) is 28.7 Å². The Labute approximate surface area is 109 Å². The van der Waals surface area contributed by atoms with Crippen LogP contribution < -0.4 is 28.7 Å². The molecule has 0 aliphatic heterocycles. The lowest BCUT2D eigenvalue weighted by Crippen LogP contribution is -2.70. The number of carbonyl (C=O) groups excluding carboxylic acids is 1. The first-order valence-electron chi connectivity index (χ1n) is 5.63. The van der Waals surface area contributed by atoms with Crippen molar-refractivity contribution in [3.63, 3.8) is 0 Å². The summed E-state index contributed by atoms with van der Waals surface area (Å²) in [6.45, 7) is 10.7. The monoisotopic (exact) mass is 263 g/mol. The Hall–Kier alpha value is -0.730. The van der Waals surface area contributed by atoms with E-state index in [-0.39, 0.29) is 6.41 Å². The van der Waals surface area contributed by atoms with Crippen molar-refractivity contribution >= 4 is 6.41 Å². The highest BCUT2D eigenvalue weighted by Crippen LogP contribution is 2.29. The zero-order valence-electron chi connectivity index (χ0n) is 12.3. The van der Waals surface area contributed by atoms with Gasteiger partial charge in [0, 0.05) is 0 Å². The summed E-state index contributed by atoms with van der Waals surface area (Å²) in [6.07, 6.45) is 0.250. The van der Waals surface area contributed by atoms with Gasteiger partial charge in [-0.05, 0) is 41.5 Å². The molecule has 0 bridgehead atoms. The lowest BCUT2D eigenvalue weighted by atomic mass is 9.89. The summed E-state index contributed by atoms with van der Waals surface area (Å²) < 4.78 is 5.85. The molecular formula is C11H29N5O2. The van der Waals surface area contributed by atoms with E-state index in [1.54, 1.807) is 13.8 Å². The second-order valence-electron chi connectivity index (χ2n) is 5.82. The van der Waals surface area contributed by atoms with Crippen molar-refractivity contribution < 1.29 is 9.53 Å². The molecule has 0 saturated carbocycles. The van der Waals surface area contributed by atoms with E-state index in [0.717, 1.165) is 0 Å². The van der Waals surface area contributed by atoms with E-state index < -0.39 is 22.5 Å². The molecule has 0 rings (SSSR count). The fourth-order valence-corrected chi connectivity index (χ4v) is 0.858. The number of hydrogen-bond acceptors (Lipinski definition) is 6. The number of hydrogen-bond donors (Lipinski definition) is 5. The fraction of sp³-hybridized carbons (Fsp3) is 0.909. The summed E-state index contributed by atoms with van der Waals surface area (Å²) in [7, 11) is 0. The first-order valence-corrected chi connectivity index (χ1v) is 5.63. The van der Waals surface area contributed by atoms with Crippen molar-refractivity contribution in [1.29, 1.82) is 0 Å². The van der Waals surface area contributed by atoms with Gasteiger partial charge >= 0.3 is 0 Å². The van der Waals surface area contributed by atoms with Crippen LogP contribution in [0.1, 0.15) is 41.5 Å². The van der Waals surface area contributed by atoms with Crippen molar-refractivity contribution in [3.8, 4) is 0 Å². The minimum Gasteiger partial charge on any atom is -0.372 e. The van der Waals surface area contributed by atoms with E-state index in [4.69, 9.17) is 32.5 Å². The number of ether oxygens (including phenoxy) is 1. The van der Waals surface area contributed by atoms with Crippen LogP contribution in [0.25, 0.3) is 0 Å². The molecule has 0 spiro atoms. The van der Waals surface area contributed by atoms with E-state index in [1.165, 1.54) is 0 Å². The molecule has 0 saturated heterocycles. The van der Waals surface area contributed by atoms with Crippen LogP contribution in [0.2, 0.25) is 0 Å². The second-order valence-corrected chi connectivity index (χ2v) is 5.82. The number of nitrogens with two attached hydrogens (primary N) is 5. The van der Waals surface area contributed by atoms with Crippen LogP contribution in [0.3, 0.4) is 0 Å². The van der Waals surface area contributed by atoms with Crippen molar-refractivity contribution in [1.82, 2.24) is 0 Å². The summed E-state index contributed by atoms with van der Waals surface area (Å²) in [5.74, 6) is 0. The third-order valence-electron chi connectivity index (χ3n) is 3.10. The van der Waals surface area contributed by atoms with E-state index in [1.807, 2.05) is 27.7 Å². The highest BCUT2D eigenvalue weighted by molar-refractivity contribution is 5.42. The Kier molecular flexibility index (Phi) is 6.47. The molecule has 0 unspecified atom stereocenters. The van der Waals surface area contributed by atoms with E-state index in [2.05, 4.69) is 5.73 Å². The molecule has 0 aromatic carbocycles. The van der Waals surface area contributed by atoms with Crippen molar-refractivity contribution in [3.05, 3.63) is 0 Å². The van der Waals surface area contributed by atoms with Crippen LogP contribution in [0, 0.1) is 0 Å². The van der Waals surface area contributed by atoms with E-state index >= 15 is 0 Å². The number of primary amides is 1. The van der Waals surface area contributed by atoms with Gasteiger partial charge in [-0.15, -0.1) is 0 Å². The lowest BCUT2D eigenvalue weighted by molar-refractivity contribution is -0.178. The zero-order valence-corrected chi connectivity index (χ0v) is 12.3. The Morgan fingerprint density at radius 1 is 0.778 bits per heavy atom. The molecule has 0 radical (unpaired) electrons. The smallest absolute Gasteiger partial charge is 0.204 e. The first kappa shape index (κ1) is 19.6. The topological polar surface area (TPSA) is 156 Å².